The number of hydrogen-bond donors (Lipinski definition) is 1. The third kappa shape index (κ3) is 5.47. The number of carbonyl (C=O) groups is 2. The zero-order valence-electron chi connectivity index (χ0n) is 25.5. The predicted octanol–water partition coefficient (Wildman–Crippen LogP) is 6.55. The molecule has 226 valence electrons. The van der Waals surface area contributed by atoms with Gasteiger partial charge in [0.2, 0.25) is 0 Å². The summed E-state index contributed by atoms with van der Waals surface area (Å²) in [4.78, 5) is 37.8. The maximum absolute atomic E-state index is 13.6. The van der Waals surface area contributed by atoms with Crippen molar-refractivity contribution in [3.05, 3.63) is 114 Å². The number of aromatic nitrogens is 4. The van der Waals surface area contributed by atoms with Crippen LogP contribution in [0.15, 0.2) is 97.6 Å². The second-order valence-electron chi connectivity index (χ2n) is 12.3. The topological polar surface area (TPSA) is 93.8 Å². The van der Waals surface area contributed by atoms with E-state index in [2.05, 4.69) is 31.1 Å². The Bertz CT molecular complexity index is 2030. The maximum atomic E-state index is 13.6. The van der Waals surface area contributed by atoms with Crippen LogP contribution in [0.1, 0.15) is 47.1 Å². The molecule has 7 rings (SSSR count). The molecule has 0 aliphatic carbocycles. The van der Waals surface area contributed by atoms with E-state index in [0.717, 1.165) is 27.8 Å². The number of nitrogens with zero attached hydrogens (tertiary/aromatic N) is 5. The first-order chi connectivity index (χ1) is 21.8. The number of imidazole rings is 1. The van der Waals surface area contributed by atoms with E-state index in [9.17, 15) is 9.59 Å². The van der Waals surface area contributed by atoms with Crippen LogP contribution in [0.5, 0.6) is 0 Å². The van der Waals surface area contributed by atoms with Crippen LogP contribution in [0, 0.1) is 0 Å². The Kier molecular flexibility index (Phi) is 7.17. The average Bonchev–Trinajstić information content (AvgIpc) is 3.72. The lowest BCUT2D eigenvalue weighted by Gasteiger charge is -2.26. The number of nitrogens with one attached hydrogen (secondary N) is 1. The van der Waals surface area contributed by atoms with Gasteiger partial charge in [-0.3, -0.25) is 14.2 Å². The molecule has 3 aromatic carbocycles. The Balaban J connectivity index is 1.19. The molecule has 1 saturated heterocycles. The van der Waals surface area contributed by atoms with Crippen LogP contribution in [0.4, 0.5) is 11.5 Å². The Hall–Kier alpha value is -5.28. The summed E-state index contributed by atoms with van der Waals surface area (Å²) in [6.07, 6.45) is 7.38. The van der Waals surface area contributed by atoms with Crippen molar-refractivity contribution in [1.82, 2.24) is 23.8 Å². The molecule has 0 saturated carbocycles. The molecule has 4 heterocycles. The minimum atomic E-state index is -0.0847. The number of fused-ring (bicyclic) bond motifs is 2. The number of morpholine rings is 1. The van der Waals surface area contributed by atoms with E-state index in [-0.39, 0.29) is 17.2 Å². The summed E-state index contributed by atoms with van der Waals surface area (Å²) in [6, 6.07) is 23.1. The molecule has 9 nitrogen and oxygen atoms in total. The molecule has 1 amide bonds. The van der Waals surface area contributed by atoms with Gasteiger partial charge in [0.1, 0.15) is 0 Å². The second kappa shape index (κ2) is 11.3. The van der Waals surface area contributed by atoms with Crippen molar-refractivity contribution in [2.24, 2.45) is 0 Å². The fourth-order valence-electron chi connectivity index (χ4n) is 5.75. The summed E-state index contributed by atoms with van der Waals surface area (Å²) in [6.45, 7) is 8.80. The highest BCUT2D eigenvalue weighted by molar-refractivity contribution is 6.05. The van der Waals surface area contributed by atoms with Crippen molar-refractivity contribution in [2.75, 3.05) is 31.6 Å². The van der Waals surface area contributed by atoms with E-state index in [4.69, 9.17) is 9.72 Å². The number of hydrogen-bond acceptors (Lipinski definition) is 6. The molecule has 0 spiro atoms. The van der Waals surface area contributed by atoms with Crippen LogP contribution >= 0.6 is 0 Å². The Labute approximate surface area is 261 Å². The van der Waals surface area contributed by atoms with Crippen LogP contribution in [-0.4, -0.2) is 62.0 Å². The van der Waals surface area contributed by atoms with Gasteiger partial charge in [0.05, 0.1) is 24.4 Å². The third-order valence-electron chi connectivity index (χ3n) is 8.29. The molecule has 0 unspecified atom stereocenters. The standard InChI is InChI=1S/C36H34N6O3/c1-36(2,3)26-11-7-25(8-12-26)35(44)42-17-15-29-28(5-4-6-31(29)42)30-23-41-18-16-37-33(41)32(39-30)38-27-13-9-24(10-14-27)34(43)40-19-21-45-22-20-40/h4-18,23H,19-22H2,1-3H3,(H,38,39). The van der Waals surface area contributed by atoms with Crippen LogP contribution in [0.25, 0.3) is 27.8 Å². The summed E-state index contributed by atoms with van der Waals surface area (Å²) in [5.74, 6) is 0.496. The van der Waals surface area contributed by atoms with Gasteiger partial charge in [-0.05, 0) is 59.5 Å². The lowest BCUT2D eigenvalue weighted by Crippen LogP contribution is -2.40. The first-order valence-corrected chi connectivity index (χ1v) is 15.1. The number of anilines is 2. The number of ether oxygens (including phenoxy) is 1. The molecule has 0 bridgehead atoms. The van der Waals surface area contributed by atoms with Gasteiger partial charge in [-0.15, -0.1) is 0 Å². The van der Waals surface area contributed by atoms with E-state index in [0.29, 0.717) is 48.9 Å². The van der Waals surface area contributed by atoms with E-state index in [1.165, 1.54) is 5.56 Å². The van der Waals surface area contributed by atoms with Gasteiger partial charge in [-0.1, -0.05) is 45.0 Å². The summed E-state index contributed by atoms with van der Waals surface area (Å²) < 4.78 is 9.00. The molecule has 1 N–H and O–H groups in total. The fraction of sp³-hybridized carbons (Fsp3) is 0.222. The molecule has 0 atom stereocenters. The minimum Gasteiger partial charge on any atom is -0.378 e. The molecule has 0 radical (unpaired) electrons. The van der Waals surface area contributed by atoms with Crippen LogP contribution in [0.3, 0.4) is 0 Å². The summed E-state index contributed by atoms with van der Waals surface area (Å²) >= 11 is 0. The smallest absolute Gasteiger partial charge is 0.262 e. The summed E-state index contributed by atoms with van der Waals surface area (Å²) in [7, 11) is 0. The van der Waals surface area contributed by atoms with Crippen molar-refractivity contribution in [1.29, 1.82) is 0 Å². The van der Waals surface area contributed by atoms with Crippen LogP contribution in [0.2, 0.25) is 0 Å². The Morgan fingerprint density at radius 2 is 1.56 bits per heavy atom. The van der Waals surface area contributed by atoms with Crippen LogP contribution in [-0.2, 0) is 10.2 Å². The number of amides is 1. The zero-order chi connectivity index (χ0) is 31.1. The number of benzene rings is 3. The fourth-order valence-corrected chi connectivity index (χ4v) is 5.75. The van der Waals surface area contributed by atoms with Crippen molar-refractivity contribution in [2.45, 2.75) is 26.2 Å². The molecule has 1 fully saturated rings. The minimum absolute atomic E-state index is 0.000977. The predicted molar refractivity (Wildman–Crippen MR) is 175 cm³/mol. The molecular formula is C36H34N6O3. The molecule has 45 heavy (non-hydrogen) atoms. The SMILES string of the molecule is CC(C)(C)c1ccc(C(=O)n2ccc3c(-c4cn5ccnc5c(Nc5ccc(C(=O)N6CCOCC6)cc5)n4)cccc32)cc1. The monoisotopic (exact) mass is 598 g/mol. The maximum Gasteiger partial charge on any atom is 0.262 e. The molecular weight excluding hydrogens is 564 g/mol. The van der Waals surface area contributed by atoms with Crippen molar-refractivity contribution < 1.29 is 14.3 Å². The highest BCUT2D eigenvalue weighted by Gasteiger charge is 2.20. The normalized spacial score (nSPS) is 13.8. The molecule has 1 aliphatic heterocycles. The van der Waals surface area contributed by atoms with Gasteiger partial charge < -0.3 is 19.4 Å². The lowest BCUT2D eigenvalue weighted by molar-refractivity contribution is 0.0303. The first kappa shape index (κ1) is 28.5. The largest absolute Gasteiger partial charge is 0.378 e. The molecule has 3 aromatic heterocycles. The zero-order valence-corrected chi connectivity index (χ0v) is 25.5. The quantitative estimate of drug-likeness (QED) is 0.242. The van der Waals surface area contributed by atoms with Gasteiger partial charge >= 0.3 is 0 Å². The van der Waals surface area contributed by atoms with E-state index in [1.807, 2.05) is 101 Å². The highest BCUT2D eigenvalue weighted by atomic mass is 16.5. The lowest BCUT2D eigenvalue weighted by atomic mass is 9.87. The summed E-state index contributed by atoms with van der Waals surface area (Å²) in [5.41, 5.74) is 6.35. The highest BCUT2D eigenvalue weighted by Crippen LogP contribution is 2.31. The van der Waals surface area contributed by atoms with Gasteiger partial charge in [-0.25, -0.2) is 9.97 Å². The van der Waals surface area contributed by atoms with E-state index >= 15 is 0 Å². The second-order valence-corrected chi connectivity index (χ2v) is 12.3. The Morgan fingerprint density at radius 1 is 0.844 bits per heavy atom. The van der Waals surface area contributed by atoms with Crippen molar-refractivity contribution in [3.8, 4) is 11.3 Å². The first-order valence-electron chi connectivity index (χ1n) is 15.1. The molecule has 6 aromatic rings. The number of rotatable bonds is 5. The van der Waals surface area contributed by atoms with Gasteiger partial charge in [0.25, 0.3) is 11.8 Å². The van der Waals surface area contributed by atoms with Gasteiger partial charge in [-0.2, -0.15) is 0 Å². The Morgan fingerprint density at radius 3 is 2.29 bits per heavy atom. The van der Waals surface area contributed by atoms with E-state index in [1.54, 1.807) is 10.8 Å². The molecule has 1 aliphatic rings. The van der Waals surface area contributed by atoms with Gasteiger partial charge in [0, 0.05) is 65.6 Å². The molecule has 9 heteroatoms. The van der Waals surface area contributed by atoms with Gasteiger partial charge in [0.15, 0.2) is 11.5 Å². The van der Waals surface area contributed by atoms with Crippen molar-refractivity contribution in [3.63, 3.8) is 0 Å². The third-order valence-corrected chi connectivity index (χ3v) is 8.29. The van der Waals surface area contributed by atoms with Crippen molar-refractivity contribution >= 4 is 39.9 Å². The van der Waals surface area contributed by atoms with E-state index < -0.39 is 0 Å². The summed E-state index contributed by atoms with van der Waals surface area (Å²) in [5, 5.41) is 4.32. The van der Waals surface area contributed by atoms with Crippen LogP contribution < -0.4 is 5.32 Å². The number of carbonyl (C=O) groups excluding carboxylic acids is 2. The average molecular weight is 599 g/mol.